The predicted octanol–water partition coefficient (Wildman–Crippen LogP) is 2.14. The molecular weight excluding hydrogens is 373 g/mol. The number of carbonyl (C=O) groups is 2. The lowest BCUT2D eigenvalue weighted by atomic mass is 10.3. The van der Waals surface area contributed by atoms with Gasteiger partial charge >= 0.3 is 6.03 Å². The molecule has 3 N–H and O–H groups in total. The van der Waals surface area contributed by atoms with E-state index in [2.05, 4.69) is 31.2 Å². The lowest BCUT2D eigenvalue weighted by Gasteiger charge is -2.05. The number of amides is 3. The standard InChI is InChI=1S/C16H16FN7O2S/c1-10-6-19-16(27-10)21-14(25)9-24-8-13(22-23-24)7-18-15(26)20-12-4-2-11(17)3-5-12/h2-6,8H,7,9H2,1H3,(H2,18,20,26)(H,19,21,25). The van der Waals surface area contributed by atoms with E-state index in [0.29, 0.717) is 16.5 Å². The van der Waals surface area contributed by atoms with Gasteiger partial charge in [0.15, 0.2) is 5.13 Å². The Morgan fingerprint density at radius 2 is 2.00 bits per heavy atom. The number of rotatable bonds is 6. The molecule has 2 aromatic heterocycles. The molecule has 27 heavy (non-hydrogen) atoms. The molecule has 0 radical (unpaired) electrons. The monoisotopic (exact) mass is 389 g/mol. The predicted molar refractivity (Wildman–Crippen MR) is 97.8 cm³/mol. The Balaban J connectivity index is 1.45. The average Bonchev–Trinajstić information content (AvgIpc) is 3.24. The molecule has 0 unspecified atom stereocenters. The molecule has 11 heteroatoms. The van der Waals surface area contributed by atoms with Crippen LogP contribution in [0.5, 0.6) is 0 Å². The van der Waals surface area contributed by atoms with Crippen molar-refractivity contribution in [3.05, 3.63) is 53.0 Å². The molecule has 0 aliphatic heterocycles. The van der Waals surface area contributed by atoms with Crippen molar-refractivity contribution in [2.45, 2.75) is 20.0 Å². The minimum absolute atomic E-state index is 0.0204. The SMILES string of the molecule is Cc1cnc(NC(=O)Cn2cc(CNC(=O)Nc3ccc(F)cc3)nn2)s1. The normalized spacial score (nSPS) is 10.4. The first-order chi connectivity index (χ1) is 13.0. The summed E-state index contributed by atoms with van der Waals surface area (Å²) in [5, 5.41) is 16.1. The highest BCUT2D eigenvalue weighted by atomic mass is 32.1. The number of aromatic nitrogens is 4. The zero-order chi connectivity index (χ0) is 19.2. The van der Waals surface area contributed by atoms with Crippen LogP contribution in [0.15, 0.2) is 36.7 Å². The van der Waals surface area contributed by atoms with E-state index in [0.717, 1.165) is 4.88 Å². The second-order valence-corrected chi connectivity index (χ2v) is 6.78. The zero-order valence-corrected chi connectivity index (χ0v) is 15.1. The van der Waals surface area contributed by atoms with Crippen LogP contribution in [0.25, 0.3) is 0 Å². The van der Waals surface area contributed by atoms with Crippen LogP contribution in [0.2, 0.25) is 0 Å². The van der Waals surface area contributed by atoms with Crippen LogP contribution in [0.4, 0.5) is 20.0 Å². The number of nitrogens with zero attached hydrogens (tertiary/aromatic N) is 4. The minimum atomic E-state index is -0.465. The van der Waals surface area contributed by atoms with Crippen LogP contribution >= 0.6 is 11.3 Å². The first kappa shape index (κ1) is 18.5. The van der Waals surface area contributed by atoms with Gasteiger partial charge in [-0.15, -0.1) is 16.4 Å². The lowest BCUT2D eigenvalue weighted by molar-refractivity contribution is -0.116. The molecule has 0 saturated heterocycles. The van der Waals surface area contributed by atoms with E-state index in [1.54, 1.807) is 12.4 Å². The second kappa shape index (κ2) is 8.36. The van der Waals surface area contributed by atoms with E-state index < -0.39 is 6.03 Å². The third kappa shape index (κ3) is 5.57. The van der Waals surface area contributed by atoms with Gasteiger partial charge in [0.1, 0.15) is 18.1 Å². The molecule has 9 nitrogen and oxygen atoms in total. The summed E-state index contributed by atoms with van der Waals surface area (Å²) in [6.45, 7) is 2.00. The molecule has 2 heterocycles. The largest absolute Gasteiger partial charge is 0.332 e. The maximum Gasteiger partial charge on any atom is 0.319 e. The highest BCUT2D eigenvalue weighted by Gasteiger charge is 2.09. The molecule has 0 fully saturated rings. The number of urea groups is 1. The molecular formula is C16H16FN7O2S. The van der Waals surface area contributed by atoms with E-state index in [4.69, 9.17) is 0 Å². The van der Waals surface area contributed by atoms with Crippen molar-refractivity contribution in [3.63, 3.8) is 0 Å². The lowest BCUT2D eigenvalue weighted by Crippen LogP contribution is -2.28. The van der Waals surface area contributed by atoms with Crippen molar-refractivity contribution in [1.82, 2.24) is 25.3 Å². The number of hydrogen-bond donors (Lipinski definition) is 3. The van der Waals surface area contributed by atoms with Crippen molar-refractivity contribution in [1.29, 1.82) is 0 Å². The number of thiazole rings is 1. The van der Waals surface area contributed by atoms with Gasteiger partial charge in [-0.25, -0.2) is 18.9 Å². The summed E-state index contributed by atoms with van der Waals surface area (Å²) in [7, 11) is 0. The van der Waals surface area contributed by atoms with Crippen LogP contribution < -0.4 is 16.0 Å². The fourth-order valence-corrected chi connectivity index (χ4v) is 2.78. The van der Waals surface area contributed by atoms with Gasteiger partial charge in [0, 0.05) is 16.8 Å². The summed E-state index contributed by atoms with van der Waals surface area (Å²) in [5.41, 5.74) is 0.953. The van der Waals surface area contributed by atoms with Gasteiger partial charge in [0.05, 0.1) is 12.7 Å². The van der Waals surface area contributed by atoms with Crippen LogP contribution in [-0.4, -0.2) is 31.9 Å². The smallest absolute Gasteiger partial charge is 0.319 e. The van der Waals surface area contributed by atoms with Crippen molar-refractivity contribution in [2.24, 2.45) is 0 Å². The zero-order valence-electron chi connectivity index (χ0n) is 14.3. The number of nitrogens with one attached hydrogen (secondary N) is 3. The fraction of sp³-hybridized carbons (Fsp3) is 0.188. The molecule has 3 rings (SSSR count). The molecule has 140 valence electrons. The van der Waals surface area contributed by atoms with Crippen molar-refractivity contribution in [2.75, 3.05) is 10.6 Å². The number of hydrogen-bond acceptors (Lipinski definition) is 6. The van der Waals surface area contributed by atoms with E-state index in [-0.39, 0.29) is 24.8 Å². The third-order valence-electron chi connectivity index (χ3n) is 3.29. The maximum absolute atomic E-state index is 12.8. The average molecular weight is 389 g/mol. The van der Waals surface area contributed by atoms with Crippen LogP contribution in [0.3, 0.4) is 0 Å². The molecule has 0 aliphatic carbocycles. The quantitative estimate of drug-likeness (QED) is 0.598. The molecule has 3 aromatic rings. The van der Waals surface area contributed by atoms with Gasteiger partial charge in [0.25, 0.3) is 0 Å². The topological polar surface area (TPSA) is 114 Å². The summed E-state index contributed by atoms with van der Waals surface area (Å²) in [5.74, 6) is -0.658. The second-order valence-electron chi connectivity index (χ2n) is 5.55. The van der Waals surface area contributed by atoms with Crippen molar-refractivity contribution in [3.8, 4) is 0 Å². The van der Waals surface area contributed by atoms with Gasteiger partial charge < -0.3 is 16.0 Å². The summed E-state index contributed by atoms with van der Waals surface area (Å²) in [6, 6.07) is 4.94. The number of benzene rings is 1. The Morgan fingerprint density at radius 1 is 1.22 bits per heavy atom. The maximum atomic E-state index is 12.8. The molecule has 0 aliphatic rings. The van der Waals surface area contributed by atoms with Gasteiger partial charge in [-0.2, -0.15) is 0 Å². The molecule has 3 amide bonds. The van der Waals surface area contributed by atoms with E-state index in [1.807, 2.05) is 6.92 Å². The summed E-state index contributed by atoms with van der Waals surface area (Å²) < 4.78 is 14.2. The van der Waals surface area contributed by atoms with Crippen LogP contribution in [0, 0.1) is 12.7 Å². The van der Waals surface area contributed by atoms with Gasteiger partial charge in [-0.3, -0.25) is 4.79 Å². The fourth-order valence-electron chi connectivity index (χ4n) is 2.09. The van der Waals surface area contributed by atoms with Gasteiger partial charge in [-0.1, -0.05) is 5.21 Å². The Bertz CT molecular complexity index is 938. The number of anilines is 2. The number of aryl methyl sites for hydroxylation is 1. The van der Waals surface area contributed by atoms with Gasteiger partial charge in [-0.05, 0) is 31.2 Å². The summed E-state index contributed by atoms with van der Waals surface area (Å²) in [6.07, 6.45) is 3.24. The van der Waals surface area contributed by atoms with Crippen molar-refractivity contribution < 1.29 is 14.0 Å². The number of carbonyl (C=O) groups excluding carboxylic acids is 2. The first-order valence-electron chi connectivity index (χ1n) is 7.89. The Hall–Kier alpha value is -3.34. The van der Waals surface area contributed by atoms with Crippen LogP contribution in [-0.2, 0) is 17.9 Å². The third-order valence-corrected chi connectivity index (χ3v) is 4.12. The Morgan fingerprint density at radius 3 is 2.70 bits per heavy atom. The summed E-state index contributed by atoms with van der Waals surface area (Å²) in [4.78, 5) is 28.8. The molecule has 1 aromatic carbocycles. The van der Waals surface area contributed by atoms with E-state index in [1.165, 1.54) is 40.3 Å². The highest BCUT2D eigenvalue weighted by Crippen LogP contribution is 2.16. The van der Waals surface area contributed by atoms with E-state index >= 15 is 0 Å². The molecule has 0 spiro atoms. The molecule has 0 atom stereocenters. The highest BCUT2D eigenvalue weighted by molar-refractivity contribution is 7.15. The van der Waals surface area contributed by atoms with Crippen LogP contribution in [0.1, 0.15) is 10.6 Å². The van der Waals surface area contributed by atoms with Crippen molar-refractivity contribution >= 4 is 34.1 Å². The Labute approximate surface area is 157 Å². The molecule has 0 bridgehead atoms. The first-order valence-corrected chi connectivity index (χ1v) is 8.71. The summed E-state index contributed by atoms with van der Waals surface area (Å²) >= 11 is 1.38. The number of halogens is 1. The van der Waals surface area contributed by atoms with Gasteiger partial charge in [0.2, 0.25) is 5.91 Å². The minimum Gasteiger partial charge on any atom is -0.332 e. The van der Waals surface area contributed by atoms with E-state index in [9.17, 15) is 14.0 Å². The molecule has 0 saturated carbocycles. The Kier molecular flexibility index (Phi) is 5.71.